The van der Waals surface area contributed by atoms with Crippen LogP contribution in [-0.2, 0) is 10.0 Å². The Hall–Kier alpha value is -0.880. The number of hydrogen-bond acceptors (Lipinski definition) is 5. The van der Waals surface area contributed by atoms with E-state index >= 15 is 0 Å². The first-order chi connectivity index (χ1) is 8.44. The third-order valence-electron chi connectivity index (χ3n) is 2.14. The molecule has 0 radical (unpaired) electrons. The molecule has 4 nitrogen and oxygen atoms in total. The minimum Gasteiger partial charge on any atom is -0.269 e. The van der Waals surface area contributed by atoms with Crippen LogP contribution in [0.3, 0.4) is 0 Å². The highest BCUT2D eigenvalue weighted by Gasteiger charge is 2.21. The second-order valence-electron chi connectivity index (χ2n) is 3.35. The van der Waals surface area contributed by atoms with E-state index in [-0.39, 0.29) is 4.90 Å². The van der Waals surface area contributed by atoms with Gasteiger partial charge < -0.3 is 0 Å². The van der Waals surface area contributed by atoms with Crippen LogP contribution in [0.5, 0.6) is 0 Å². The van der Waals surface area contributed by atoms with E-state index in [1.807, 2.05) is 6.07 Å². The number of nitrogens with zero attached hydrogens (tertiary/aromatic N) is 1. The van der Waals surface area contributed by atoms with Gasteiger partial charge in [0.1, 0.15) is 16.0 Å². The number of hydrogen-bond donors (Lipinski definition) is 1. The molecule has 0 amide bonds. The summed E-state index contributed by atoms with van der Waals surface area (Å²) in [6.07, 6.45) is 0. The molecule has 0 fully saturated rings. The predicted molar refractivity (Wildman–Crippen MR) is 76.6 cm³/mol. The Balaban J connectivity index is 2.40. The van der Waals surface area contributed by atoms with Crippen molar-refractivity contribution in [2.45, 2.75) is 11.8 Å². The summed E-state index contributed by atoms with van der Waals surface area (Å²) in [6, 6.07) is 5.09. The number of halogens is 1. The fourth-order valence-electron chi connectivity index (χ4n) is 1.35. The maximum Gasteiger partial charge on any atom is 0.263 e. The molecule has 0 spiro atoms. The van der Waals surface area contributed by atoms with Crippen LogP contribution in [0.25, 0.3) is 0 Å². The minimum atomic E-state index is -3.64. The van der Waals surface area contributed by atoms with Crippen LogP contribution in [0.2, 0.25) is 0 Å². The van der Waals surface area contributed by atoms with Crippen molar-refractivity contribution in [3.63, 3.8) is 0 Å². The van der Waals surface area contributed by atoms with E-state index in [2.05, 4.69) is 20.7 Å². The van der Waals surface area contributed by atoms with Gasteiger partial charge in [-0.3, -0.25) is 4.72 Å². The highest BCUT2D eigenvalue weighted by atomic mass is 79.9. The second kappa shape index (κ2) is 5.01. The molecule has 1 N–H and O–H groups in total. The maximum atomic E-state index is 12.2. The van der Waals surface area contributed by atoms with E-state index in [1.54, 1.807) is 24.4 Å². The smallest absolute Gasteiger partial charge is 0.263 e. The molecule has 0 aliphatic rings. The highest BCUT2D eigenvalue weighted by molar-refractivity contribution is 9.11. The number of thiophene rings is 2. The predicted octanol–water partition coefficient (Wildman–Crippen LogP) is 3.55. The van der Waals surface area contributed by atoms with Gasteiger partial charge >= 0.3 is 0 Å². The van der Waals surface area contributed by atoms with Crippen molar-refractivity contribution in [1.29, 1.82) is 5.26 Å². The van der Waals surface area contributed by atoms with Gasteiger partial charge in [-0.25, -0.2) is 8.42 Å². The third kappa shape index (κ3) is 2.59. The number of rotatable bonds is 3. The fraction of sp³-hybridized carbons (Fsp3) is 0.100. The minimum absolute atomic E-state index is 0.233. The zero-order chi connectivity index (χ0) is 13.3. The topological polar surface area (TPSA) is 70.0 Å². The number of aryl methyl sites for hydroxylation is 1. The molecule has 2 rings (SSSR count). The lowest BCUT2D eigenvalue weighted by Gasteiger charge is -2.05. The molecule has 0 aromatic carbocycles. The first-order valence-corrected chi connectivity index (χ1v) is 8.67. The normalized spacial score (nSPS) is 11.2. The van der Waals surface area contributed by atoms with Crippen molar-refractivity contribution in [2.75, 3.05) is 4.72 Å². The van der Waals surface area contributed by atoms with Crippen molar-refractivity contribution in [3.8, 4) is 6.07 Å². The van der Waals surface area contributed by atoms with Gasteiger partial charge in [0.15, 0.2) is 0 Å². The van der Waals surface area contributed by atoms with Gasteiger partial charge in [0.2, 0.25) is 0 Å². The second-order valence-corrected chi connectivity index (χ2v) is 8.55. The molecule has 2 aromatic heterocycles. The molecule has 94 valence electrons. The van der Waals surface area contributed by atoms with Crippen LogP contribution in [0.1, 0.15) is 10.4 Å². The van der Waals surface area contributed by atoms with Crippen LogP contribution in [0.4, 0.5) is 5.00 Å². The zero-order valence-corrected chi connectivity index (χ0v) is 13.1. The van der Waals surface area contributed by atoms with Gasteiger partial charge in [-0.1, -0.05) is 0 Å². The standard InChI is InChI=1S/C10H7BrN2O2S3/c1-6-8(4-9(11)17-6)18(14,15)13-10-7(5-12)2-3-16-10/h2-4,13H,1H3. The van der Waals surface area contributed by atoms with Crippen LogP contribution in [-0.4, -0.2) is 8.42 Å². The molecule has 0 unspecified atom stereocenters. The monoisotopic (exact) mass is 362 g/mol. The van der Waals surface area contributed by atoms with E-state index in [0.717, 1.165) is 3.79 Å². The molecule has 0 aliphatic heterocycles. The van der Waals surface area contributed by atoms with E-state index in [0.29, 0.717) is 15.4 Å². The molecule has 0 aliphatic carbocycles. The van der Waals surface area contributed by atoms with Crippen LogP contribution in [0, 0.1) is 18.3 Å². The SMILES string of the molecule is Cc1sc(Br)cc1S(=O)(=O)Nc1sccc1C#N. The zero-order valence-electron chi connectivity index (χ0n) is 9.10. The van der Waals surface area contributed by atoms with Crippen molar-refractivity contribution in [1.82, 2.24) is 0 Å². The fourth-order valence-corrected chi connectivity index (χ4v) is 5.84. The molecule has 0 bridgehead atoms. The molecule has 2 heterocycles. The number of nitrogens with one attached hydrogen (secondary N) is 1. The number of anilines is 1. The maximum absolute atomic E-state index is 12.2. The molecule has 0 saturated heterocycles. The van der Waals surface area contributed by atoms with Gasteiger partial charge in [0.05, 0.1) is 9.35 Å². The summed E-state index contributed by atoms with van der Waals surface area (Å²) < 4.78 is 27.5. The van der Waals surface area contributed by atoms with Crippen LogP contribution in [0.15, 0.2) is 26.2 Å². The summed E-state index contributed by atoms with van der Waals surface area (Å²) in [5, 5.41) is 10.9. The highest BCUT2D eigenvalue weighted by Crippen LogP contribution is 2.32. The van der Waals surface area contributed by atoms with Crippen molar-refractivity contribution < 1.29 is 8.42 Å². The van der Waals surface area contributed by atoms with E-state index in [1.165, 1.54) is 22.7 Å². The summed E-state index contributed by atoms with van der Waals surface area (Å²) in [5.41, 5.74) is 0.329. The first kappa shape index (κ1) is 13.5. The van der Waals surface area contributed by atoms with Crippen molar-refractivity contribution >= 4 is 53.6 Å². The van der Waals surface area contributed by atoms with Crippen molar-refractivity contribution in [3.05, 3.63) is 31.7 Å². The quantitative estimate of drug-likeness (QED) is 0.907. The first-order valence-electron chi connectivity index (χ1n) is 4.70. The summed E-state index contributed by atoms with van der Waals surface area (Å²) >= 11 is 5.80. The Morgan fingerprint density at radius 1 is 1.50 bits per heavy atom. The van der Waals surface area contributed by atoms with E-state index in [9.17, 15) is 8.42 Å². The lowest BCUT2D eigenvalue weighted by atomic mass is 10.4. The molecule has 0 atom stereocenters. The Morgan fingerprint density at radius 2 is 2.22 bits per heavy atom. The van der Waals surface area contributed by atoms with Gasteiger partial charge in [-0.15, -0.1) is 22.7 Å². The molecular weight excluding hydrogens is 356 g/mol. The van der Waals surface area contributed by atoms with Crippen LogP contribution >= 0.6 is 38.6 Å². The Bertz CT molecular complexity index is 725. The summed E-state index contributed by atoms with van der Waals surface area (Å²) in [7, 11) is -3.64. The molecule has 2 aromatic rings. The van der Waals surface area contributed by atoms with Gasteiger partial charge in [0, 0.05) is 4.88 Å². The number of nitriles is 1. The molecule has 0 saturated carbocycles. The van der Waals surface area contributed by atoms with E-state index in [4.69, 9.17) is 5.26 Å². The summed E-state index contributed by atoms with van der Waals surface area (Å²) in [5.74, 6) is 0. The van der Waals surface area contributed by atoms with E-state index < -0.39 is 10.0 Å². The van der Waals surface area contributed by atoms with Crippen molar-refractivity contribution in [2.24, 2.45) is 0 Å². The number of sulfonamides is 1. The average molecular weight is 363 g/mol. The lowest BCUT2D eigenvalue weighted by Crippen LogP contribution is -2.12. The Kier molecular flexibility index (Phi) is 3.77. The largest absolute Gasteiger partial charge is 0.269 e. The lowest BCUT2D eigenvalue weighted by molar-refractivity contribution is 0.601. The van der Waals surface area contributed by atoms with Gasteiger partial charge in [-0.2, -0.15) is 5.26 Å². The average Bonchev–Trinajstić information content (AvgIpc) is 2.84. The Morgan fingerprint density at radius 3 is 2.78 bits per heavy atom. The summed E-state index contributed by atoms with van der Waals surface area (Å²) in [4.78, 5) is 0.932. The molecular formula is C10H7BrN2O2S3. The molecule has 8 heteroatoms. The third-order valence-corrected chi connectivity index (χ3v) is 6.26. The summed E-state index contributed by atoms with van der Waals surface area (Å²) in [6.45, 7) is 1.74. The Labute approximate surface area is 121 Å². The van der Waals surface area contributed by atoms with Gasteiger partial charge in [-0.05, 0) is 40.4 Å². The molecule has 18 heavy (non-hydrogen) atoms. The van der Waals surface area contributed by atoms with Gasteiger partial charge in [0.25, 0.3) is 10.0 Å². The van der Waals surface area contributed by atoms with Crippen LogP contribution < -0.4 is 4.72 Å².